The minimum atomic E-state index is -0.542. The summed E-state index contributed by atoms with van der Waals surface area (Å²) in [5.41, 5.74) is 0.192. The van der Waals surface area contributed by atoms with Gasteiger partial charge in [0.2, 0.25) is 0 Å². The lowest BCUT2D eigenvalue weighted by Gasteiger charge is -2.13. The van der Waals surface area contributed by atoms with Gasteiger partial charge in [0.1, 0.15) is 16.6 Å². The number of aryl methyl sites for hydroxylation is 1. The van der Waals surface area contributed by atoms with E-state index in [0.29, 0.717) is 12.4 Å². The Morgan fingerprint density at radius 1 is 1.43 bits per heavy atom. The van der Waals surface area contributed by atoms with Crippen LogP contribution in [0.15, 0.2) is 18.5 Å². The fourth-order valence-electron chi connectivity index (χ4n) is 1.83. The number of nitrogens with zero attached hydrogens (tertiary/aromatic N) is 2. The molecule has 0 aliphatic rings. The number of carbonyl (C=O) groups is 1. The molecule has 0 bridgehead atoms. The largest absolute Gasteiger partial charge is 0.370 e. The highest BCUT2D eigenvalue weighted by Gasteiger charge is 2.18. The summed E-state index contributed by atoms with van der Waals surface area (Å²) in [5.74, 6) is -0.545. The van der Waals surface area contributed by atoms with E-state index in [1.54, 1.807) is 6.20 Å². The van der Waals surface area contributed by atoms with Crippen molar-refractivity contribution in [1.29, 1.82) is 0 Å². The lowest BCUT2D eigenvalue weighted by molar-refractivity contribution is 0.0940. The van der Waals surface area contributed by atoms with Crippen molar-refractivity contribution in [2.24, 2.45) is 0 Å². The first-order chi connectivity index (χ1) is 10.0. The summed E-state index contributed by atoms with van der Waals surface area (Å²) < 4.78 is 13.3. The van der Waals surface area contributed by atoms with Gasteiger partial charge in [-0.25, -0.2) is 14.4 Å². The molecule has 0 fully saturated rings. The van der Waals surface area contributed by atoms with Crippen molar-refractivity contribution in [2.75, 3.05) is 11.9 Å². The molecule has 7 heteroatoms. The molecule has 2 aromatic rings. The molecule has 1 amide bonds. The Hall–Kier alpha value is -2.02. The standard InChI is InChI=1S/C14H17FN4OS/c1-4-16-12-11(5-10(15)7-17-12)13(20)19-9(3)14-18-6-8(2)21-14/h5-7,9H,4H2,1-3H3,(H,16,17)(H,19,20). The summed E-state index contributed by atoms with van der Waals surface area (Å²) >= 11 is 1.52. The Morgan fingerprint density at radius 3 is 2.81 bits per heavy atom. The zero-order chi connectivity index (χ0) is 15.4. The highest BCUT2D eigenvalue weighted by atomic mass is 32.1. The number of amides is 1. The highest BCUT2D eigenvalue weighted by Crippen LogP contribution is 2.20. The predicted molar refractivity (Wildman–Crippen MR) is 81.1 cm³/mol. The Bertz CT molecular complexity index is 644. The Kier molecular flexibility index (Phi) is 4.85. The van der Waals surface area contributed by atoms with E-state index < -0.39 is 5.82 Å². The number of anilines is 1. The van der Waals surface area contributed by atoms with Crippen molar-refractivity contribution >= 4 is 23.1 Å². The third-order valence-corrected chi connectivity index (χ3v) is 3.90. The fraction of sp³-hybridized carbons (Fsp3) is 0.357. The zero-order valence-corrected chi connectivity index (χ0v) is 12.9. The summed E-state index contributed by atoms with van der Waals surface area (Å²) in [6.45, 7) is 6.28. The average Bonchev–Trinajstić information content (AvgIpc) is 2.87. The van der Waals surface area contributed by atoms with E-state index >= 15 is 0 Å². The number of hydrogen-bond acceptors (Lipinski definition) is 5. The summed E-state index contributed by atoms with van der Waals surface area (Å²) in [6, 6.07) is 0.939. The number of rotatable bonds is 5. The minimum Gasteiger partial charge on any atom is -0.370 e. The fourth-order valence-corrected chi connectivity index (χ4v) is 2.61. The van der Waals surface area contributed by atoms with Gasteiger partial charge in [0.15, 0.2) is 0 Å². The lowest BCUT2D eigenvalue weighted by atomic mass is 10.2. The third-order valence-electron chi connectivity index (χ3n) is 2.80. The van der Waals surface area contributed by atoms with Gasteiger partial charge in [0.25, 0.3) is 5.91 Å². The van der Waals surface area contributed by atoms with Crippen molar-refractivity contribution in [3.05, 3.63) is 39.7 Å². The van der Waals surface area contributed by atoms with Gasteiger partial charge in [-0.15, -0.1) is 11.3 Å². The molecule has 112 valence electrons. The number of carbonyl (C=O) groups excluding carboxylic acids is 1. The maximum Gasteiger partial charge on any atom is 0.255 e. The number of halogens is 1. The quantitative estimate of drug-likeness (QED) is 0.891. The molecule has 0 spiro atoms. The Morgan fingerprint density at radius 2 is 2.19 bits per heavy atom. The molecule has 2 N–H and O–H groups in total. The van der Waals surface area contributed by atoms with Crippen LogP contribution in [0.2, 0.25) is 0 Å². The second-order valence-corrected chi connectivity index (χ2v) is 5.85. The predicted octanol–water partition coefficient (Wildman–Crippen LogP) is 2.91. The first-order valence-electron chi connectivity index (χ1n) is 6.64. The van der Waals surface area contributed by atoms with Crippen LogP contribution in [0.1, 0.15) is 40.1 Å². The second kappa shape index (κ2) is 6.62. The van der Waals surface area contributed by atoms with Crippen LogP contribution in [0.4, 0.5) is 10.2 Å². The van der Waals surface area contributed by atoms with Crippen LogP contribution in [0.25, 0.3) is 0 Å². The van der Waals surface area contributed by atoms with E-state index in [4.69, 9.17) is 0 Å². The van der Waals surface area contributed by atoms with Gasteiger partial charge in [0.05, 0.1) is 17.8 Å². The Labute approximate surface area is 126 Å². The molecule has 0 aliphatic heterocycles. The first kappa shape index (κ1) is 15.4. The van der Waals surface area contributed by atoms with Crippen LogP contribution in [0.5, 0.6) is 0 Å². The molecule has 21 heavy (non-hydrogen) atoms. The van der Waals surface area contributed by atoms with E-state index in [0.717, 1.165) is 16.1 Å². The van der Waals surface area contributed by atoms with Crippen molar-refractivity contribution in [1.82, 2.24) is 15.3 Å². The molecule has 0 aliphatic carbocycles. The molecule has 0 radical (unpaired) electrons. The van der Waals surface area contributed by atoms with E-state index in [-0.39, 0.29) is 17.5 Å². The first-order valence-corrected chi connectivity index (χ1v) is 7.45. The second-order valence-electron chi connectivity index (χ2n) is 4.58. The molecule has 5 nitrogen and oxygen atoms in total. The topological polar surface area (TPSA) is 66.9 Å². The van der Waals surface area contributed by atoms with E-state index in [1.165, 1.54) is 17.4 Å². The lowest BCUT2D eigenvalue weighted by Crippen LogP contribution is -2.27. The van der Waals surface area contributed by atoms with Crippen LogP contribution in [0.3, 0.4) is 0 Å². The van der Waals surface area contributed by atoms with Gasteiger partial charge in [-0.3, -0.25) is 4.79 Å². The average molecular weight is 308 g/mol. The molecule has 0 aromatic carbocycles. The molecular formula is C14H17FN4OS. The highest BCUT2D eigenvalue weighted by molar-refractivity contribution is 7.11. The number of aromatic nitrogens is 2. The van der Waals surface area contributed by atoms with Crippen molar-refractivity contribution in [3.8, 4) is 0 Å². The van der Waals surface area contributed by atoms with Crippen molar-refractivity contribution in [2.45, 2.75) is 26.8 Å². The maximum atomic E-state index is 13.3. The number of nitrogens with one attached hydrogen (secondary N) is 2. The Balaban J connectivity index is 2.18. The minimum absolute atomic E-state index is 0.192. The summed E-state index contributed by atoms with van der Waals surface area (Å²) in [6.07, 6.45) is 2.85. The van der Waals surface area contributed by atoms with Gasteiger partial charge < -0.3 is 10.6 Å². The van der Waals surface area contributed by atoms with E-state index in [1.807, 2.05) is 20.8 Å². The van der Waals surface area contributed by atoms with Gasteiger partial charge in [0, 0.05) is 17.6 Å². The molecule has 1 atom stereocenters. The van der Waals surface area contributed by atoms with Crippen LogP contribution in [-0.4, -0.2) is 22.4 Å². The number of hydrogen-bond donors (Lipinski definition) is 2. The van der Waals surface area contributed by atoms with E-state index in [2.05, 4.69) is 20.6 Å². The van der Waals surface area contributed by atoms with Crippen LogP contribution < -0.4 is 10.6 Å². The summed E-state index contributed by atoms with van der Waals surface area (Å²) in [7, 11) is 0. The van der Waals surface area contributed by atoms with Crippen molar-refractivity contribution < 1.29 is 9.18 Å². The van der Waals surface area contributed by atoms with Crippen LogP contribution in [-0.2, 0) is 0 Å². The molecule has 0 saturated carbocycles. The molecule has 2 heterocycles. The zero-order valence-electron chi connectivity index (χ0n) is 12.1. The number of thiazole rings is 1. The normalized spacial score (nSPS) is 12.0. The third kappa shape index (κ3) is 3.75. The monoisotopic (exact) mass is 308 g/mol. The van der Waals surface area contributed by atoms with Crippen LogP contribution in [0, 0.1) is 12.7 Å². The van der Waals surface area contributed by atoms with Gasteiger partial charge in [-0.1, -0.05) is 0 Å². The summed E-state index contributed by atoms with van der Waals surface area (Å²) in [5, 5.41) is 6.58. The SMILES string of the molecule is CCNc1ncc(F)cc1C(=O)NC(C)c1ncc(C)s1. The molecular weight excluding hydrogens is 291 g/mol. The van der Waals surface area contributed by atoms with Crippen LogP contribution >= 0.6 is 11.3 Å². The van der Waals surface area contributed by atoms with Gasteiger partial charge >= 0.3 is 0 Å². The van der Waals surface area contributed by atoms with Gasteiger partial charge in [-0.05, 0) is 26.8 Å². The van der Waals surface area contributed by atoms with Gasteiger partial charge in [-0.2, -0.15) is 0 Å². The molecule has 2 rings (SSSR count). The maximum absolute atomic E-state index is 13.3. The van der Waals surface area contributed by atoms with E-state index in [9.17, 15) is 9.18 Å². The summed E-state index contributed by atoms with van der Waals surface area (Å²) in [4.78, 5) is 21.5. The molecule has 1 unspecified atom stereocenters. The van der Waals surface area contributed by atoms with Crippen molar-refractivity contribution in [3.63, 3.8) is 0 Å². The smallest absolute Gasteiger partial charge is 0.255 e. The number of pyridine rings is 1. The molecule has 2 aromatic heterocycles. The molecule has 0 saturated heterocycles.